The Balaban J connectivity index is 2.23. The van der Waals surface area contributed by atoms with Crippen molar-refractivity contribution in [1.82, 2.24) is 5.01 Å². The Bertz CT molecular complexity index is 880. The van der Waals surface area contributed by atoms with E-state index < -0.39 is 18.3 Å². The summed E-state index contributed by atoms with van der Waals surface area (Å²) in [6.45, 7) is 9.97. The highest BCUT2D eigenvalue weighted by atomic mass is 19.1. The van der Waals surface area contributed by atoms with Gasteiger partial charge < -0.3 is 9.31 Å². The van der Waals surface area contributed by atoms with Gasteiger partial charge in [0, 0.05) is 14.1 Å². The summed E-state index contributed by atoms with van der Waals surface area (Å²) in [5, 5.41) is 11.7. The van der Waals surface area contributed by atoms with E-state index >= 15 is 0 Å². The molecular weight excluding hydrogens is 344 g/mol. The molecule has 1 aliphatic rings. The molecule has 5 nitrogen and oxygen atoms in total. The molecule has 0 bridgehead atoms. The predicted octanol–water partition coefficient (Wildman–Crippen LogP) is 4.40. The van der Waals surface area contributed by atoms with Crippen molar-refractivity contribution >= 4 is 29.0 Å². The average Bonchev–Trinajstić information content (AvgIpc) is 2.80. The number of benzene rings is 2. The monoisotopic (exact) mass is 371 g/mol. The van der Waals surface area contributed by atoms with Crippen LogP contribution in [0.2, 0.25) is 0 Å². The fourth-order valence-corrected chi connectivity index (χ4v) is 3.23. The number of halogens is 1. The highest BCUT2D eigenvalue weighted by Crippen LogP contribution is 2.38. The lowest BCUT2D eigenvalue weighted by Crippen LogP contribution is -2.41. The van der Waals surface area contributed by atoms with Crippen LogP contribution < -0.4 is 5.46 Å². The van der Waals surface area contributed by atoms with Crippen molar-refractivity contribution in [3.8, 4) is 0 Å². The van der Waals surface area contributed by atoms with Gasteiger partial charge in [0.2, 0.25) is 0 Å². The SMILES string of the molecule is CCc1c(F)ccc2cc(N=NN(C)C)cc(B3OC(C)(C)C(C)(C)O3)c12. The number of hydrogen-bond donors (Lipinski definition) is 0. The van der Waals surface area contributed by atoms with Gasteiger partial charge in [0.15, 0.2) is 0 Å². The van der Waals surface area contributed by atoms with Gasteiger partial charge in [0.25, 0.3) is 0 Å². The van der Waals surface area contributed by atoms with Crippen molar-refractivity contribution in [3.05, 3.63) is 35.6 Å². The van der Waals surface area contributed by atoms with Gasteiger partial charge in [-0.2, -0.15) is 0 Å². The minimum Gasteiger partial charge on any atom is -0.399 e. The maximum atomic E-state index is 14.5. The average molecular weight is 371 g/mol. The number of aryl methyl sites for hydroxylation is 1. The number of hydrogen-bond acceptors (Lipinski definition) is 4. The smallest absolute Gasteiger partial charge is 0.399 e. The van der Waals surface area contributed by atoms with Crippen LogP contribution in [0, 0.1) is 5.82 Å². The summed E-state index contributed by atoms with van der Waals surface area (Å²) >= 11 is 0. The van der Waals surface area contributed by atoms with Crippen LogP contribution in [0.4, 0.5) is 10.1 Å². The van der Waals surface area contributed by atoms with E-state index in [2.05, 4.69) is 10.3 Å². The van der Waals surface area contributed by atoms with Gasteiger partial charge in [-0.15, -0.1) is 5.11 Å². The first-order valence-corrected chi connectivity index (χ1v) is 9.25. The maximum Gasteiger partial charge on any atom is 0.495 e. The van der Waals surface area contributed by atoms with E-state index in [4.69, 9.17) is 9.31 Å². The summed E-state index contributed by atoms with van der Waals surface area (Å²) in [5.41, 5.74) is 1.16. The summed E-state index contributed by atoms with van der Waals surface area (Å²) in [4.78, 5) is 0. The Kier molecular flexibility index (Phi) is 5.03. The summed E-state index contributed by atoms with van der Waals surface area (Å²) in [5.74, 6) is -0.217. The van der Waals surface area contributed by atoms with E-state index in [1.807, 2.05) is 60.8 Å². The summed E-state index contributed by atoms with van der Waals surface area (Å²) in [7, 11) is 3.02. The van der Waals surface area contributed by atoms with E-state index in [9.17, 15) is 4.39 Å². The van der Waals surface area contributed by atoms with Gasteiger partial charge >= 0.3 is 7.12 Å². The van der Waals surface area contributed by atoms with Crippen LogP contribution in [0.15, 0.2) is 34.6 Å². The summed E-state index contributed by atoms with van der Waals surface area (Å²) < 4.78 is 27.0. The lowest BCUT2D eigenvalue weighted by atomic mass is 9.74. The van der Waals surface area contributed by atoms with Crippen LogP contribution in [0.1, 0.15) is 40.2 Å². The fourth-order valence-electron chi connectivity index (χ4n) is 3.23. The molecule has 2 aromatic carbocycles. The Morgan fingerprint density at radius 1 is 1.07 bits per heavy atom. The Hall–Kier alpha value is -1.99. The first-order valence-electron chi connectivity index (χ1n) is 9.25. The first kappa shape index (κ1) is 19.8. The normalized spacial score (nSPS) is 18.6. The van der Waals surface area contributed by atoms with Crippen molar-refractivity contribution in [2.45, 2.75) is 52.2 Å². The molecule has 1 aliphatic heterocycles. The van der Waals surface area contributed by atoms with Crippen LogP contribution in [-0.2, 0) is 15.7 Å². The molecule has 0 radical (unpaired) electrons. The molecule has 27 heavy (non-hydrogen) atoms. The molecule has 1 heterocycles. The van der Waals surface area contributed by atoms with Gasteiger partial charge in [-0.3, -0.25) is 5.01 Å². The summed E-state index contributed by atoms with van der Waals surface area (Å²) in [6, 6.07) is 7.07. The molecule has 0 aliphatic carbocycles. The standard InChI is InChI=1S/C20H27BFN3O2/c1-8-15-17(22)10-9-13-11-14(23-24-25(6)7)12-16(18(13)15)21-26-19(2,3)20(4,5)27-21/h9-12H,8H2,1-7H3. The van der Waals surface area contributed by atoms with Gasteiger partial charge in [-0.05, 0) is 74.1 Å². The highest BCUT2D eigenvalue weighted by molar-refractivity contribution is 6.65. The molecule has 1 saturated heterocycles. The molecule has 2 aromatic rings. The van der Waals surface area contributed by atoms with E-state index in [-0.39, 0.29) is 5.82 Å². The number of rotatable bonds is 4. The number of fused-ring (bicyclic) bond motifs is 1. The van der Waals surface area contributed by atoms with E-state index in [0.717, 1.165) is 16.2 Å². The van der Waals surface area contributed by atoms with Crippen molar-refractivity contribution < 1.29 is 13.7 Å². The fraction of sp³-hybridized carbons (Fsp3) is 0.500. The zero-order valence-electron chi connectivity index (χ0n) is 17.1. The van der Waals surface area contributed by atoms with Crippen molar-refractivity contribution in [2.75, 3.05) is 14.1 Å². The van der Waals surface area contributed by atoms with Crippen LogP contribution in [-0.4, -0.2) is 37.4 Å². The van der Waals surface area contributed by atoms with Crippen molar-refractivity contribution in [2.24, 2.45) is 10.3 Å². The third kappa shape index (κ3) is 3.58. The topological polar surface area (TPSA) is 46.4 Å². The molecule has 144 valence electrons. The van der Waals surface area contributed by atoms with Gasteiger partial charge in [-0.25, -0.2) is 4.39 Å². The molecular formula is C20H27BFN3O2. The Labute approximate surface area is 160 Å². The Morgan fingerprint density at radius 3 is 2.26 bits per heavy atom. The van der Waals surface area contributed by atoms with Crippen LogP contribution in [0.5, 0.6) is 0 Å². The van der Waals surface area contributed by atoms with E-state index in [1.54, 1.807) is 11.1 Å². The summed E-state index contributed by atoms with van der Waals surface area (Å²) in [6.07, 6.45) is 0.578. The highest BCUT2D eigenvalue weighted by Gasteiger charge is 2.52. The second kappa shape index (κ2) is 6.87. The third-order valence-corrected chi connectivity index (χ3v) is 5.38. The van der Waals surface area contributed by atoms with Crippen LogP contribution in [0.3, 0.4) is 0 Å². The molecule has 1 fully saturated rings. The Morgan fingerprint density at radius 2 is 1.70 bits per heavy atom. The first-order chi connectivity index (χ1) is 12.6. The van der Waals surface area contributed by atoms with Crippen LogP contribution >= 0.6 is 0 Å². The molecule has 0 unspecified atom stereocenters. The third-order valence-electron chi connectivity index (χ3n) is 5.38. The predicted molar refractivity (Wildman–Crippen MR) is 107 cm³/mol. The van der Waals surface area contributed by atoms with Crippen LogP contribution in [0.25, 0.3) is 10.8 Å². The number of nitrogens with zero attached hydrogens (tertiary/aromatic N) is 3. The molecule has 0 spiro atoms. The largest absolute Gasteiger partial charge is 0.495 e. The molecule has 7 heteroatoms. The second-order valence-corrected chi connectivity index (χ2v) is 8.14. The van der Waals surface area contributed by atoms with Crippen molar-refractivity contribution in [1.29, 1.82) is 0 Å². The molecule has 0 aromatic heterocycles. The van der Waals surface area contributed by atoms with Gasteiger partial charge in [0.1, 0.15) is 5.82 Å². The van der Waals surface area contributed by atoms with Crippen molar-refractivity contribution in [3.63, 3.8) is 0 Å². The lowest BCUT2D eigenvalue weighted by Gasteiger charge is -2.32. The zero-order valence-corrected chi connectivity index (χ0v) is 17.1. The second-order valence-electron chi connectivity index (χ2n) is 8.14. The van der Waals surface area contributed by atoms with Gasteiger partial charge in [0.05, 0.1) is 16.9 Å². The quantitative estimate of drug-likeness (QED) is 0.455. The van der Waals surface area contributed by atoms with E-state index in [1.165, 1.54) is 6.07 Å². The molecule has 0 saturated carbocycles. The zero-order chi connectivity index (χ0) is 20.0. The minimum absolute atomic E-state index is 0.217. The molecule has 0 N–H and O–H groups in total. The molecule has 0 amide bonds. The lowest BCUT2D eigenvalue weighted by molar-refractivity contribution is 0.00578. The maximum absolute atomic E-state index is 14.5. The molecule has 0 atom stereocenters. The van der Waals surface area contributed by atoms with E-state index in [0.29, 0.717) is 17.7 Å². The van der Waals surface area contributed by atoms with Gasteiger partial charge in [-0.1, -0.05) is 18.2 Å². The molecule has 3 rings (SSSR count). The minimum atomic E-state index is -0.598.